The van der Waals surface area contributed by atoms with Crippen molar-refractivity contribution in [1.29, 1.82) is 0 Å². The van der Waals surface area contributed by atoms with Gasteiger partial charge in [0.25, 0.3) is 0 Å². The SMILES string of the molecule is Cn1c(CO)nnc1Sc1ncnc2sc3c(c12)CCCC3. The largest absolute Gasteiger partial charge is 0.388 e. The number of aromatic nitrogens is 5. The van der Waals surface area contributed by atoms with Crippen LogP contribution in [-0.2, 0) is 26.5 Å². The van der Waals surface area contributed by atoms with Gasteiger partial charge in [-0.15, -0.1) is 21.5 Å². The van der Waals surface area contributed by atoms with E-state index >= 15 is 0 Å². The molecular formula is C14H15N5OS2. The Labute approximate surface area is 135 Å². The average Bonchev–Trinajstić information content (AvgIpc) is 3.09. The van der Waals surface area contributed by atoms with Gasteiger partial charge in [-0.2, -0.15) is 0 Å². The van der Waals surface area contributed by atoms with Gasteiger partial charge in [0.05, 0.1) is 0 Å². The topological polar surface area (TPSA) is 76.7 Å². The maximum Gasteiger partial charge on any atom is 0.197 e. The predicted octanol–water partition coefficient (Wildman–Crippen LogP) is 2.34. The molecule has 1 aliphatic carbocycles. The van der Waals surface area contributed by atoms with Gasteiger partial charge in [0.2, 0.25) is 0 Å². The molecule has 0 amide bonds. The highest BCUT2D eigenvalue weighted by Crippen LogP contribution is 2.40. The Balaban J connectivity index is 1.81. The lowest BCUT2D eigenvalue weighted by Crippen LogP contribution is -2.00. The van der Waals surface area contributed by atoms with E-state index in [2.05, 4.69) is 20.2 Å². The molecular weight excluding hydrogens is 318 g/mol. The first-order valence-corrected chi connectivity index (χ1v) is 8.83. The number of aryl methyl sites for hydroxylation is 2. The third-order valence-electron chi connectivity index (χ3n) is 3.97. The third kappa shape index (κ3) is 2.22. The zero-order chi connectivity index (χ0) is 15.1. The van der Waals surface area contributed by atoms with Crippen molar-refractivity contribution in [3.05, 3.63) is 22.6 Å². The number of aliphatic hydroxyl groups is 1. The molecule has 0 aromatic carbocycles. The van der Waals surface area contributed by atoms with Gasteiger partial charge in [-0.25, -0.2) is 9.97 Å². The number of thiophene rings is 1. The fourth-order valence-corrected chi connectivity index (χ4v) is 5.01. The van der Waals surface area contributed by atoms with E-state index in [0.29, 0.717) is 5.82 Å². The molecule has 8 heteroatoms. The third-order valence-corrected chi connectivity index (χ3v) is 6.21. The number of nitrogens with zero attached hydrogens (tertiary/aromatic N) is 5. The molecule has 114 valence electrons. The number of rotatable bonds is 3. The van der Waals surface area contributed by atoms with E-state index in [0.717, 1.165) is 27.9 Å². The van der Waals surface area contributed by atoms with Gasteiger partial charge in [0.1, 0.15) is 22.8 Å². The van der Waals surface area contributed by atoms with E-state index in [1.807, 2.05) is 7.05 Å². The molecule has 0 saturated heterocycles. The minimum atomic E-state index is -0.114. The van der Waals surface area contributed by atoms with Crippen LogP contribution in [0.5, 0.6) is 0 Å². The Bertz CT molecular complexity index is 841. The summed E-state index contributed by atoms with van der Waals surface area (Å²) in [5.74, 6) is 0.556. The summed E-state index contributed by atoms with van der Waals surface area (Å²) in [6, 6.07) is 0. The van der Waals surface area contributed by atoms with E-state index in [4.69, 9.17) is 0 Å². The van der Waals surface area contributed by atoms with Crippen molar-refractivity contribution < 1.29 is 5.11 Å². The molecule has 0 spiro atoms. The highest BCUT2D eigenvalue weighted by Gasteiger charge is 2.21. The fourth-order valence-electron chi connectivity index (χ4n) is 2.80. The van der Waals surface area contributed by atoms with E-state index < -0.39 is 0 Å². The van der Waals surface area contributed by atoms with Crippen molar-refractivity contribution in [2.75, 3.05) is 0 Å². The highest BCUT2D eigenvalue weighted by atomic mass is 32.2. The van der Waals surface area contributed by atoms with E-state index in [1.165, 1.54) is 40.4 Å². The lowest BCUT2D eigenvalue weighted by atomic mass is 9.97. The van der Waals surface area contributed by atoms with Crippen LogP contribution in [0.2, 0.25) is 0 Å². The molecule has 3 heterocycles. The molecule has 3 aromatic rings. The van der Waals surface area contributed by atoms with Gasteiger partial charge < -0.3 is 9.67 Å². The minimum absolute atomic E-state index is 0.114. The molecule has 6 nitrogen and oxygen atoms in total. The summed E-state index contributed by atoms with van der Waals surface area (Å²) in [6.07, 6.45) is 6.38. The van der Waals surface area contributed by atoms with Crippen LogP contribution in [0.25, 0.3) is 10.2 Å². The molecule has 4 rings (SSSR count). The summed E-state index contributed by atoms with van der Waals surface area (Å²) in [4.78, 5) is 11.4. The standard InChI is InChI=1S/C14H15N5OS2/c1-19-10(6-20)17-18-14(19)22-13-11-8-4-2-3-5-9(8)21-12(11)15-7-16-13/h7,20H,2-6H2,1H3. The molecule has 1 aliphatic rings. The van der Waals surface area contributed by atoms with Crippen molar-refractivity contribution in [1.82, 2.24) is 24.7 Å². The van der Waals surface area contributed by atoms with Gasteiger partial charge in [-0.05, 0) is 43.0 Å². The Hall–Kier alpha value is -1.51. The van der Waals surface area contributed by atoms with Crippen LogP contribution in [0.15, 0.2) is 16.5 Å². The summed E-state index contributed by atoms with van der Waals surface area (Å²) >= 11 is 3.28. The summed E-state index contributed by atoms with van der Waals surface area (Å²) in [5, 5.41) is 20.2. The maximum atomic E-state index is 9.24. The van der Waals surface area contributed by atoms with Crippen LogP contribution in [-0.4, -0.2) is 29.8 Å². The summed E-state index contributed by atoms with van der Waals surface area (Å²) in [7, 11) is 1.86. The lowest BCUT2D eigenvalue weighted by molar-refractivity contribution is 0.266. The van der Waals surface area contributed by atoms with E-state index in [9.17, 15) is 5.11 Å². The summed E-state index contributed by atoms with van der Waals surface area (Å²) in [6.45, 7) is -0.114. The van der Waals surface area contributed by atoms with Gasteiger partial charge in [-0.1, -0.05) is 0 Å². The average molecular weight is 333 g/mol. The van der Waals surface area contributed by atoms with Crippen LogP contribution in [0.1, 0.15) is 29.1 Å². The van der Waals surface area contributed by atoms with Gasteiger partial charge in [0.15, 0.2) is 11.0 Å². The molecule has 22 heavy (non-hydrogen) atoms. The Morgan fingerprint density at radius 3 is 2.95 bits per heavy atom. The molecule has 0 fully saturated rings. The second-order valence-corrected chi connectivity index (χ2v) is 7.33. The van der Waals surface area contributed by atoms with Crippen LogP contribution in [0.4, 0.5) is 0 Å². The van der Waals surface area contributed by atoms with Crippen molar-refractivity contribution in [2.24, 2.45) is 7.05 Å². The molecule has 0 atom stereocenters. The fraction of sp³-hybridized carbons (Fsp3) is 0.429. The van der Waals surface area contributed by atoms with E-state index in [-0.39, 0.29) is 6.61 Å². The second-order valence-electron chi connectivity index (χ2n) is 5.29. The monoisotopic (exact) mass is 333 g/mol. The number of aliphatic hydroxyl groups excluding tert-OH is 1. The van der Waals surface area contributed by atoms with Crippen molar-refractivity contribution in [3.63, 3.8) is 0 Å². The van der Waals surface area contributed by atoms with Gasteiger partial charge in [0, 0.05) is 17.3 Å². The van der Waals surface area contributed by atoms with Crippen LogP contribution >= 0.6 is 23.1 Å². The first-order valence-electron chi connectivity index (χ1n) is 7.20. The Kier molecular flexibility index (Phi) is 3.59. The molecule has 0 unspecified atom stereocenters. The normalized spacial score (nSPS) is 14.5. The van der Waals surface area contributed by atoms with Crippen molar-refractivity contribution >= 4 is 33.3 Å². The van der Waals surface area contributed by atoms with Gasteiger partial charge in [-0.3, -0.25) is 0 Å². The lowest BCUT2D eigenvalue weighted by Gasteiger charge is -2.11. The van der Waals surface area contributed by atoms with Gasteiger partial charge >= 0.3 is 0 Å². The van der Waals surface area contributed by atoms with E-state index in [1.54, 1.807) is 22.2 Å². The molecule has 0 bridgehead atoms. The second kappa shape index (κ2) is 5.60. The predicted molar refractivity (Wildman–Crippen MR) is 85.1 cm³/mol. The Morgan fingerprint density at radius 1 is 1.27 bits per heavy atom. The highest BCUT2D eigenvalue weighted by molar-refractivity contribution is 7.99. The maximum absolute atomic E-state index is 9.24. The minimum Gasteiger partial charge on any atom is -0.388 e. The molecule has 3 aromatic heterocycles. The first-order chi connectivity index (χ1) is 10.8. The number of fused-ring (bicyclic) bond motifs is 3. The van der Waals surface area contributed by atoms with Crippen LogP contribution in [0.3, 0.4) is 0 Å². The molecule has 0 radical (unpaired) electrons. The quantitative estimate of drug-likeness (QED) is 0.741. The van der Waals surface area contributed by atoms with Crippen molar-refractivity contribution in [2.45, 2.75) is 42.5 Å². The summed E-state index contributed by atoms with van der Waals surface area (Å²) < 4.78 is 1.80. The number of hydrogen-bond donors (Lipinski definition) is 1. The first kappa shape index (κ1) is 14.1. The smallest absolute Gasteiger partial charge is 0.197 e. The molecule has 1 N–H and O–H groups in total. The summed E-state index contributed by atoms with van der Waals surface area (Å²) in [5.41, 5.74) is 1.42. The molecule has 0 aliphatic heterocycles. The zero-order valence-corrected chi connectivity index (χ0v) is 13.7. The van der Waals surface area contributed by atoms with Crippen molar-refractivity contribution in [3.8, 4) is 0 Å². The Morgan fingerprint density at radius 2 is 2.14 bits per heavy atom. The zero-order valence-electron chi connectivity index (χ0n) is 12.1. The van der Waals surface area contributed by atoms with Crippen LogP contribution in [0, 0.1) is 0 Å². The number of hydrogen-bond acceptors (Lipinski definition) is 7. The molecule has 0 saturated carbocycles. The van der Waals surface area contributed by atoms with Crippen LogP contribution < -0.4 is 0 Å².